The van der Waals surface area contributed by atoms with E-state index in [1.165, 1.54) is 6.07 Å². The molecule has 0 unspecified atom stereocenters. The highest BCUT2D eigenvalue weighted by atomic mass is 19.1. The Morgan fingerprint density at radius 2 is 1.81 bits per heavy atom. The third-order valence-corrected chi connectivity index (χ3v) is 3.97. The number of halogens is 1. The number of aromatic nitrogens is 1. The summed E-state index contributed by atoms with van der Waals surface area (Å²) in [6, 6.07) is 12.1. The number of carbonyl (C=O) groups is 1. The summed E-state index contributed by atoms with van der Waals surface area (Å²) < 4.78 is 24.7. The molecule has 5 nitrogen and oxygen atoms in total. The summed E-state index contributed by atoms with van der Waals surface area (Å²) in [6.45, 7) is 5.62. The number of amides is 1. The first-order valence-corrected chi connectivity index (χ1v) is 8.16. The minimum absolute atomic E-state index is 0.0792. The Balaban J connectivity index is 1.77. The minimum atomic E-state index is -0.547. The van der Waals surface area contributed by atoms with Gasteiger partial charge in [0.05, 0.1) is 11.3 Å². The third kappa shape index (κ3) is 3.91. The molecule has 1 aromatic heterocycles. The zero-order valence-corrected chi connectivity index (χ0v) is 14.8. The van der Waals surface area contributed by atoms with E-state index in [1.807, 2.05) is 38.1 Å². The second-order valence-electron chi connectivity index (χ2n) is 6.11. The monoisotopic (exact) mass is 354 g/mol. The lowest BCUT2D eigenvalue weighted by molar-refractivity contribution is 0.101. The molecule has 1 amide bonds. The maximum absolute atomic E-state index is 13.9. The fourth-order valence-electron chi connectivity index (χ4n) is 2.45. The summed E-state index contributed by atoms with van der Waals surface area (Å²) in [5.41, 5.74) is 2.66. The molecular formula is C20H19FN2O3. The van der Waals surface area contributed by atoms with E-state index in [9.17, 15) is 9.18 Å². The molecule has 0 aliphatic carbocycles. The number of anilines is 1. The van der Waals surface area contributed by atoms with Crippen LogP contribution in [0.2, 0.25) is 0 Å². The number of hydrogen-bond acceptors (Lipinski definition) is 4. The summed E-state index contributed by atoms with van der Waals surface area (Å²) >= 11 is 0. The minimum Gasteiger partial charge on any atom is -0.489 e. The van der Waals surface area contributed by atoms with E-state index < -0.39 is 11.7 Å². The van der Waals surface area contributed by atoms with E-state index in [2.05, 4.69) is 10.5 Å². The molecule has 3 rings (SSSR count). The SMILES string of the molecule is Cc1ccc(OCc2c(C(=O)Nc3cc(C)ccc3F)noc2C)cc1. The van der Waals surface area contributed by atoms with Gasteiger partial charge in [0.2, 0.25) is 0 Å². The number of carbonyl (C=O) groups excluding carboxylic acids is 1. The molecule has 0 radical (unpaired) electrons. The third-order valence-electron chi connectivity index (χ3n) is 3.97. The van der Waals surface area contributed by atoms with Crippen molar-refractivity contribution in [1.29, 1.82) is 0 Å². The Bertz CT molecular complexity index is 933. The van der Waals surface area contributed by atoms with Crippen molar-refractivity contribution in [2.75, 3.05) is 5.32 Å². The standard InChI is InChI=1S/C20H19FN2O3/c1-12-4-7-15(8-5-12)25-11-16-14(3)26-23-19(16)20(24)22-18-10-13(2)6-9-17(18)21/h4-10H,11H2,1-3H3,(H,22,24). The van der Waals surface area contributed by atoms with Crippen LogP contribution in [0.3, 0.4) is 0 Å². The number of nitrogens with one attached hydrogen (secondary N) is 1. The molecular weight excluding hydrogens is 335 g/mol. The smallest absolute Gasteiger partial charge is 0.278 e. The first-order valence-electron chi connectivity index (χ1n) is 8.16. The number of ether oxygens (including phenoxy) is 1. The quantitative estimate of drug-likeness (QED) is 0.729. The van der Waals surface area contributed by atoms with Gasteiger partial charge in [0.25, 0.3) is 5.91 Å². The van der Waals surface area contributed by atoms with Gasteiger partial charge in [0, 0.05) is 0 Å². The number of benzene rings is 2. The second-order valence-corrected chi connectivity index (χ2v) is 6.11. The van der Waals surface area contributed by atoms with Crippen molar-refractivity contribution in [1.82, 2.24) is 5.16 Å². The maximum atomic E-state index is 13.9. The Morgan fingerprint density at radius 3 is 2.54 bits per heavy atom. The molecule has 6 heteroatoms. The van der Waals surface area contributed by atoms with Crippen molar-refractivity contribution < 1.29 is 18.4 Å². The van der Waals surface area contributed by atoms with Crippen LogP contribution in [0.15, 0.2) is 47.0 Å². The Morgan fingerprint density at radius 1 is 1.12 bits per heavy atom. The van der Waals surface area contributed by atoms with Crippen molar-refractivity contribution in [2.45, 2.75) is 27.4 Å². The molecule has 0 fully saturated rings. The number of hydrogen-bond donors (Lipinski definition) is 1. The van der Waals surface area contributed by atoms with Crippen LogP contribution in [0.4, 0.5) is 10.1 Å². The number of aryl methyl sites for hydroxylation is 3. The fraction of sp³-hybridized carbons (Fsp3) is 0.200. The molecule has 0 atom stereocenters. The van der Waals surface area contributed by atoms with E-state index in [4.69, 9.17) is 9.26 Å². The van der Waals surface area contributed by atoms with E-state index in [0.717, 1.165) is 11.1 Å². The van der Waals surface area contributed by atoms with E-state index >= 15 is 0 Å². The van der Waals surface area contributed by atoms with E-state index in [0.29, 0.717) is 17.1 Å². The van der Waals surface area contributed by atoms with Crippen molar-refractivity contribution in [2.24, 2.45) is 0 Å². The lowest BCUT2D eigenvalue weighted by Gasteiger charge is -2.08. The van der Waals surface area contributed by atoms with Crippen LogP contribution in [0.25, 0.3) is 0 Å². The van der Waals surface area contributed by atoms with Crippen LogP contribution in [-0.4, -0.2) is 11.1 Å². The van der Waals surface area contributed by atoms with Crippen LogP contribution in [-0.2, 0) is 6.61 Å². The molecule has 0 aliphatic rings. The average Bonchev–Trinajstić information content (AvgIpc) is 2.98. The van der Waals surface area contributed by atoms with Crippen molar-refractivity contribution in [3.05, 3.63) is 76.4 Å². The van der Waals surface area contributed by atoms with Gasteiger partial charge in [-0.3, -0.25) is 4.79 Å². The molecule has 26 heavy (non-hydrogen) atoms. The molecule has 1 N–H and O–H groups in total. The highest BCUT2D eigenvalue weighted by Gasteiger charge is 2.21. The lowest BCUT2D eigenvalue weighted by Crippen LogP contribution is -2.16. The van der Waals surface area contributed by atoms with Crippen LogP contribution < -0.4 is 10.1 Å². The molecule has 0 saturated heterocycles. The molecule has 134 valence electrons. The molecule has 1 heterocycles. The average molecular weight is 354 g/mol. The Labute approximate surface area is 150 Å². The van der Waals surface area contributed by atoms with Crippen LogP contribution in [0.1, 0.15) is 32.9 Å². The van der Waals surface area contributed by atoms with E-state index in [-0.39, 0.29) is 18.0 Å². The van der Waals surface area contributed by atoms with Gasteiger partial charge in [-0.05, 0) is 50.6 Å². The van der Waals surface area contributed by atoms with E-state index in [1.54, 1.807) is 19.1 Å². The summed E-state index contributed by atoms with van der Waals surface area (Å²) in [6.07, 6.45) is 0. The molecule has 0 bridgehead atoms. The predicted molar refractivity (Wildman–Crippen MR) is 95.8 cm³/mol. The lowest BCUT2D eigenvalue weighted by atomic mass is 10.1. The summed E-state index contributed by atoms with van der Waals surface area (Å²) in [5.74, 6) is 0.0924. The largest absolute Gasteiger partial charge is 0.489 e. The molecule has 0 saturated carbocycles. The predicted octanol–water partition coefficient (Wildman–Crippen LogP) is 4.57. The molecule has 3 aromatic rings. The van der Waals surface area contributed by atoms with Crippen LogP contribution in [0.5, 0.6) is 5.75 Å². The van der Waals surface area contributed by atoms with Gasteiger partial charge >= 0.3 is 0 Å². The van der Waals surface area contributed by atoms with Gasteiger partial charge in [0.15, 0.2) is 5.69 Å². The van der Waals surface area contributed by atoms with Gasteiger partial charge in [-0.2, -0.15) is 0 Å². The maximum Gasteiger partial charge on any atom is 0.278 e. The highest BCUT2D eigenvalue weighted by Crippen LogP contribution is 2.21. The summed E-state index contributed by atoms with van der Waals surface area (Å²) in [5, 5.41) is 6.34. The second kappa shape index (κ2) is 7.39. The van der Waals surface area contributed by atoms with Crippen LogP contribution >= 0.6 is 0 Å². The van der Waals surface area contributed by atoms with Gasteiger partial charge in [0.1, 0.15) is 23.9 Å². The first kappa shape index (κ1) is 17.7. The van der Waals surface area contributed by atoms with Crippen LogP contribution in [0, 0.1) is 26.6 Å². The van der Waals surface area contributed by atoms with Gasteiger partial charge < -0.3 is 14.6 Å². The number of nitrogens with zero attached hydrogens (tertiary/aromatic N) is 1. The van der Waals surface area contributed by atoms with Gasteiger partial charge in [-0.1, -0.05) is 28.9 Å². The van der Waals surface area contributed by atoms with Crippen molar-refractivity contribution in [3.63, 3.8) is 0 Å². The van der Waals surface area contributed by atoms with Crippen molar-refractivity contribution >= 4 is 11.6 Å². The zero-order valence-electron chi connectivity index (χ0n) is 14.8. The topological polar surface area (TPSA) is 64.4 Å². The van der Waals surface area contributed by atoms with Gasteiger partial charge in [-0.25, -0.2) is 4.39 Å². The normalized spacial score (nSPS) is 10.6. The Hall–Kier alpha value is -3.15. The fourth-order valence-corrected chi connectivity index (χ4v) is 2.45. The number of rotatable bonds is 5. The highest BCUT2D eigenvalue weighted by molar-refractivity contribution is 6.04. The summed E-state index contributed by atoms with van der Waals surface area (Å²) in [4.78, 5) is 12.5. The Kier molecular flexibility index (Phi) is 5.02. The zero-order chi connectivity index (χ0) is 18.7. The molecule has 0 spiro atoms. The summed E-state index contributed by atoms with van der Waals surface area (Å²) in [7, 11) is 0. The van der Waals surface area contributed by atoms with Gasteiger partial charge in [-0.15, -0.1) is 0 Å². The van der Waals surface area contributed by atoms with Crippen molar-refractivity contribution in [3.8, 4) is 5.75 Å². The first-order chi connectivity index (χ1) is 12.4. The molecule has 0 aliphatic heterocycles. The molecule has 2 aromatic carbocycles.